The number of carbonyl (C=O) groups excluding carboxylic acids is 1. The number of hydrogen-bond donors (Lipinski definition) is 0. The highest BCUT2D eigenvalue weighted by Crippen LogP contribution is 2.33. The number of rotatable bonds is 5. The second-order valence-corrected chi connectivity index (χ2v) is 6.27. The van der Waals surface area contributed by atoms with Crippen molar-refractivity contribution in [2.24, 2.45) is 0 Å². The number of para-hydroxylation sites is 1. The molecule has 23 heavy (non-hydrogen) atoms. The third-order valence-corrected chi connectivity index (χ3v) is 4.33. The summed E-state index contributed by atoms with van der Waals surface area (Å²) < 4.78 is 7.01. The number of anilines is 1. The first kappa shape index (κ1) is 17.4. The SMILES string of the molecule is CN(C(=O)COc1c(Br)cccc1Br)c1ccc([N+](=O)[O-])cc1. The molecule has 0 aliphatic rings. The van der Waals surface area contributed by atoms with Crippen molar-refractivity contribution in [1.82, 2.24) is 0 Å². The Morgan fingerprint density at radius 1 is 1.17 bits per heavy atom. The molecule has 0 aliphatic carbocycles. The molecule has 0 spiro atoms. The summed E-state index contributed by atoms with van der Waals surface area (Å²) in [4.78, 5) is 23.7. The van der Waals surface area contributed by atoms with E-state index in [0.29, 0.717) is 11.4 Å². The molecule has 8 heteroatoms. The molecule has 120 valence electrons. The van der Waals surface area contributed by atoms with Gasteiger partial charge in [0, 0.05) is 24.9 Å². The summed E-state index contributed by atoms with van der Waals surface area (Å²) in [6.45, 7) is -0.158. The zero-order valence-corrected chi connectivity index (χ0v) is 15.2. The Balaban J connectivity index is 2.04. The number of ether oxygens (including phenoxy) is 1. The summed E-state index contributed by atoms with van der Waals surface area (Å²) in [7, 11) is 1.59. The van der Waals surface area contributed by atoms with E-state index in [2.05, 4.69) is 31.9 Å². The minimum atomic E-state index is -0.487. The molecule has 6 nitrogen and oxygen atoms in total. The van der Waals surface area contributed by atoms with Crippen molar-refractivity contribution in [2.75, 3.05) is 18.6 Å². The molecule has 0 radical (unpaired) electrons. The largest absolute Gasteiger partial charge is 0.481 e. The second-order valence-electron chi connectivity index (χ2n) is 4.57. The maximum atomic E-state index is 12.2. The lowest BCUT2D eigenvalue weighted by atomic mass is 10.2. The van der Waals surface area contributed by atoms with Gasteiger partial charge in [-0.1, -0.05) is 6.07 Å². The smallest absolute Gasteiger partial charge is 0.269 e. The number of amides is 1. The normalized spacial score (nSPS) is 10.2. The zero-order chi connectivity index (χ0) is 17.0. The van der Waals surface area contributed by atoms with Gasteiger partial charge in [0.2, 0.25) is 0 Å². The Morgan fingerprint density at radius 2 is 1.74 bits per heavy atom. The maximum Gasteiger partial charge on any atom is 0.269 e. The summed E-state index contributed by atoms with van der Waals surface area (Å²) in [5.41, 5.74) is 0.526. The van der Waals surface area contributed by atoms with Crippen LogP contribution in [0.15, 0.2) is 51.4 Å². The predicted octanol–water partition coefficient (Wildman–Crippen LogP) is 4.16. The molecule has 0 fully saturated rings. The van der Waals surface area contributed by atoms with Gasteiger partial charge in [-0.2, -0.15) is 0 Å². The first-order valence-electron chi connectivity index (χ1n) is 6.48. The van der Waals surface area contributed by atoms with Gasteiger partial charge in [0.25, 0.3) is 11.6 Å². The molecule has 0 heterocycles. The molecule has 0 saturated carbocycles. The lowest BCUT2D eigenvalue weighted by molar-refractivity contribution is -0.384. The van der Waals surface area contributed by atoms with Crippen molar-refractivity contribution >= 4 is 49.1 Å². The van der Waals surface area contributed by atoms with E-state index in [1.165, 1.54) is 29.2 Å². The van der Waals surface area contributed by atoms with Gasteiger partial charge in [-0.15, -0.1) is 0 Å². The van der Waals surface area contributed by atoms with E-state index in [4.69, 9.17) is 4.74 Å². The summed E-state index contributed by atoms with van der Waals surface area (Å²) in [5, 5.41) is 10.6. The Kier molecular flexibility index (Phi) is 5.73. The predicted molar refractivity (Wildman–Crippen MR) is 93.8 cm³/mol. The van der Waals surface area contributed by atoms with Crippen LogP contribution in [0.1, 0.15) is 0 Å². The average Bonchev–Trinajstić information content (AvgIpc) is 2.53. The van der Waals surface area contributed by atoms with Crippen LogP contribution in [0.3, 0.4) is 0 Å². The first-order chi connectivity index (χ1) is 10.9. The molecule has 0 aromatic heterocycles. The fourth-order valence-corrected chi connectivity index (χ4v) is 3.02. The van der Waals surface area contributed by atoms with E-state index in [1.54, 1.807) is 7.05 Å². The molecule has 0 saturated heterocycles. The standard InChI is InChI=1S/C15H12Br2N2O4/c1-18(10-5-7-11(8-6-10)19(21)22)14(20)9-23-15-12(16)3-2-4-13(15)17/h2-8H,9H2,1H3. The third-order valence-electron chi connectivity index (χ3n) is 3.08. The van der Waals surface area contributed by atoms with E-state index in [-0.39, 0.29) is 18.2 Å². The first-order valence-corrected chi connectivity index (χ1v) is 8.06. The van der Waals surface area contributed by atoms with Crippen molar-refractivity contribution in [2.45, 2.75) is 0 Å². The molecule has 1 amide bonds. The van der Waals surface area contributed by atoms with Crippen LogP contribution in [0.2, 0.25) is 0 Å². The summed E-state index contributed by atoms with van der Waals surface area (Å²) in [6, 6.07) is 11.2. The molecule has 0 unspecified atom stereocenters. The number of likely N-dealkylation sites (N-methyl/N-ethyl adjacent to an activating group) is 1. The molecule has 0 atom stereocenters. The molecular weight excluding hydrogens is 432 g/mol. The van der Waals surface area contributed by atoms with Gasteiger partial charge in [0.15, 0.2) is 6.61 Å². The van der Waals surface area contributed by atoms with Crippen molar-refractivity contribution in [3.8, 4) is 5.75 Å². The number of carbonyl (C=O) groups is 1. The van der Waals surface area contributed by atoms with Gasteiger partial charge in [0.1, 0.15) is 5.75 Å². The Hall–Kier alpha value is -1.93. The number of non-ortho nitro benzene ring substituents is 1. The minimum absolute atomic E-state index is 0.0250. The Labute approximate surface area is 149 Å². The van der Waals surface area contributed by atoms with E-state index in [1.807, 2.05) is 18.2 Å². The van der Waals surface area contributed by atoms with Crippen LogP contribution in [-0.4, -0.2) is 24.5 Å². The molecule has 2 aromatic rings. The number of nitro benzene ring substituents is 1. The van der Waals surface area contributed by atoms with Gasteiger partial charge < -0.3 is 9.64 Å². The minimum Gasteiger partial charge on any atom is -0.481 e. The van der Waals surface area contributed by atoms with Crippen LogP contribution in [-0.2, 0) is 4.79 Å². The lowest BCUT2D eigenvalue weighted by Gasteiger charge is -2.18. The summed E-state index contributed by atoms with van der Waals surface area (Å²) in [6.07, 6.45) is 0. The summed E-state index contributed by atoms with van der Waals surface area (Å²) >= 11 is 6.71. The van der Waals surface area contributed by atoms with E-state index < -0.39 is 4.92 Å². The quantitative estimate of drug-likeness (QED) is 0.513. The van der Waals surface area contributed by atoms with Crippen LogP contribution >= 0.6 is 31.9 Å². The average molecular weight is 444 g/mol. The van der Waals surface area contributed by atoms with Gasteiger partial charge in [-0.05, 0) is 56.1 Å². The third kappa shape index (κ3) is 4.29. The zero-order valence-electron chi connectivity index (χ0n) is 12.0. The molecule has 2 rings (SSSR count). The monoisotopic (exact) mass is 442 g/mol. The van der Waals surface area contributed by atoms with Crippen LogP contribution in [0.5, 0.6) is 5.75 Å². The maximum absolute atomic E-state index is 12.2. The van der Waals surface area contributed by atoms with Gasteiger partial charge in [-0.25, -0.2) is 0 Å². The molecule has 0 bridgehead atoms. The fraction of sp³-hybridized carbons (Fsp3) is 0.133. The molecule has 2 aromatic carbocycles. The number of halogens is 2. The number of nitro groups is 1. The van der Waals surface area contributed by atoms with Crippen molar-refractivity contribution < 1.29 is 14.5 Å². The Bertz CT molecular complexity index is 715. The van der Waals surface area contributed by atoms with E-state index in [9.17, 15) is 14.9 Å². The Morgan fingerprint density at radius 3 is 2.26 bits per heavy atom. The molecule has 0 aliphatic heterocycles. The van der Waals surface area contributed by atoms with Gasteiger partial charge >= 0.3 is 0 Å². The van der Waals surface area contributed by atoms with Gasteiger partial charge in [0.05, 0.1) is 13.9 Å². The highest BCUT2D eigenvalue weighted by molar-refractivity contribution is 9.11. The summed E-state index contributed by atoms with van der Waals surface area (Å²) in [5.74, 6) is 0.263. The van der Waals surface area contributed by atoms with E-state index in [0.717, 1.165) is 8.95 Å². The number of nitrogens with zero attached hydrogens (tertiary/aromatic N) is 2. The van der Waals surface area contributed by atoms with Crippen LogP contribution < -0.4 is 9.64 Å². The fourth-order valence-electron chi connectivity index (χ4n) is 1.79. The van der Waals surface area contributed by atoms with E-state index >= 15 is 0 Å². The highest BCUT2D eigenvalue weighted by Gasteiger charge is 2.15. The highest BCUT2D eigenvalue weighted by atomic mass is 79.9. The number of hydrogen-bond acceptors (Lipinski definition) is 4. The topological polar surface area (TPSA) is 72.7 Å². The van der Waals surface area contributed by atoms with Crippen molar-refractivity contribution in [1.29, 1.82) is 0 Å². The van der Waals surface area contributed by atoms with Crippen LogP contribution in [0.4, 0.5) is 11.4 Å². The van der Waals surface area contributed by atoms with Crippen molar-refractivity contribution in [3.63, 3.8) is 0 Å². The number of benzene rings is 2. The molecular formula is C15H12Br2N2O4. The van der Waals surface area contributed by atoms with Crippen LogP contribution in [0.25, 0.3) is 0 Å². The lowest BCUT2D eigenvalue weighted by Crippen LogP contribution is -2.31. The van der Waals surface area contributed by atoms with Gasteiger partial charge in [-0.3, -0.25) is 14.9 Å². The molecule has 0 N–H and O–H groups in total. The van der Waals surface area contributed by atoms with Crippen LogP contribution in [0, 0.1) is 10.1 Å². The second kappa shape index (κ2) is 7.56. The van der Waals surface area contributed by atoms with Crippen molar-refractivity contribution in [3.05, 3.63) is 61.5 Å².